The molecule has 10 atom stereocenters. The summed E-state index contributed by atoms with van der Waals surface area (Å²) in [4.78, 5) is 0. The Bertz CT molecular complexity index is 2760. The van der Waals surface area contributed by atoms with Crippen LogP contribution in [0.3, 0.4) is 0 Å². The Kier molecular flexibility index (Phi) is 46.0. The van der Waals surface area contributed by atoms with E-state index in [0.29, 0.717) is 75.1 Å². The molecule has 0 aliphatic carbocycles. The van der Waals surface area contributed by atoms with Crippen LogP contribution in [-0.2, 0) is 44.6 Å². The SMILES string of the molecule is CCOC1(C)Cc2c(OCCC(C)C)cccc2C(CCCCC(CCCCC(CCCCC2NC(C)(OCC)Cc3c(OCCC(C)C)cccc32)C2NC(C)(OCC)Cc3c(OCCC(C)C)cccc32)C2NC(C)(OCC)Cc3c(OCCC(C)C)cccc32)N1.Cl.Cl.Cl.Cl.O.O.O.O. The average molecular weight is 1520 g/mol. The highest BCUT2D eigenvalue weighted by atomic mass is 35.5. The lowest BCUT2D eigenvalue weighted by Crippen LogP contribution is -2.53. The van der Waals surface area contributed by atoms with Gasteiger partial charge >= 0.3 is 0 Å². The number of nitrogens with one attached hydrogen (secondary N) is 4. The van der Waals surface area contributed by atoms with Gasteiger partial charge in [-0.2, -0.15) is 0 Å². The van der Waals surface area contributed by atoms with E-state index in [4.69, 9.17) is 37.9 Å². The Morgan fingerprint density at radius 1 is 0.333 bits per heavy atom. The van der Waals surface area contributed by atoms with Gasteiger partial charge < -0.3 is 59.8 Å². The van der Waals surface area contributed by atoms with Crippen LogP contribution < -0.4 is 40.2 Å². The van der Waals surface area contributed by atoms with Crippen LogP contribution in [0.25, 0.3) is 0 Å². The summed E-state index contributed by atoms with van der Waals surface area (Å²) in [6, 6.07) is 27.5. The molecule has 0 amide bonds. The predicted octanol–water partition coefficient (Wildman–Crippen LogP) is 17.5. The van der Waals surface area contributed by atoms with Crippen LogP contribution in [0.4, 0.5) is 0 Å². The van der Waals surface area contributed by atoms with Crippen molar-refractivity contribution in [1.29, 1.82) is 0 Å². The van der Waals surface area contributed by atoms with Gasteiger partial charge in [-0.3, -0.25) is 21.3 Å². The molecule has 0 fully saturated rings. The zero-order chi connectivity index (χ0) is 67.5. The molecular formula is C82H142Cl4N4O12. The number of fused-ring (bicyclic) bond motifs is 4. The number of hydrogen-bond donors (Lipinski definition) is 4. The monoisotopic (exact) mass is 1510 g/mol. The number of benzene rings is 4. The molecule has 16 nitrogen and oxygen atoms in total. The smallest absolute Gasteiger partial charge is 0.122 e. The Labute approximate surface area is 641 Å². The van der Waals surface area contributed by atoms with Crippen LogP contribution in [-0.4, -0.2) is 97.7 Å². The van der Waals surface area contributed by atoms with Crippen molar-refractivity contribution < 1.29 is 59.8 Å². The van der Waals surface area contributed by atoms with Gasteiger partial charge in [0.2, 0.25) is 0 Å². The zero-order valence-corrected chi connectivity index (χ0v) is 68.7. The fraction of sp³-hybridized carbons (Fsp3) is 0.707. The van der Waals surface area contributed by atoms with Gasteiger partial charge in [0.1, 0.15) is 45.9 Å². The molecule has 4 aromatic carbocycles. The third-order valence-electron chi connectivity index (χ3n) is 20.7. The third-order valence-corrected chi connectivity index (χ3v) is 20.7. The minimum Gasteiger partial charge on any atom is -0.493 e. The molecule has 4 aromatic rings. The minimum atomic E-state index is -0.535. The Hall–Kier alpha value is -3.24. The predicted molar refractivity (Wildman–Crippen MR) is 430 cm³/mol. The van der Waals surface area contributed by atoms with Crippen molar-refractivity contribution in [1.82, 2.24) is 21.3 Å². The second kappa shape index (κ2) is 47.5. The van der Waals surface area contributed by atoms with Gasteiger partial charge in [0.15, 0.2) is 0 Å². The summed E-state index contributed by atoms with van der Waals surface area (Å²) in [5.41, 5.74) is 8.64. The molecule has 4 aliphatic heterocycles. The minimum absolute atomic E-state index is 0. The van der Waals surface area contributed by atoms with Crippen LogP contribution in [0.2, 0.25) is 0 Å². The van der Waals surface area contributed by atoms with E-state index >= 15 is 0 Å². The zero-order valence-electron chi connectivity index (χ0n) is 65.4. The van der Waals surface area contributed by atoms with Gasteiger partial charge in [0, 0.05) is 98.5 Å². The summed E-state index contributed by atoms with van der Waals surface area (Å²) < 4.78 is 53.3. The van der Waals surface area contributed by atoms with Crippen molar-refractivity contribution in [3.63, 3.8) is 0 Å². The molecule has 10 unspecified atom stereocenters. The molecule has 4 aliphatic rings. The lowest BCUT2D eigenvalue weighted by atomic mass is 9.76. The van der Waals surface area contributed by atoms with Gasteiger partial charge in [-0.15, -0.1) is 49.6 Å². The van der Waals surface area contributed by atoms with Crippen LogP contribution in [0, 0.1) is 35.5 Å². The highest BCUT2D eigenvalue weighted by Gasteiger charge is 2.44. The first-order valence-corrected chi connectivity index (χ1v) is 37.8. The van der Waals surface area contributed by atoms with E-state index in [9.17, 15) is 0 Å². The van der Waals surface area contributed by atoms with E-state index in [1.54, 1.807) is 0 Å². The largest absolute Gasteiger partial charge is 0.493 e. The van der Waals surface area contributed by atoms with Crippen molar-refractivity contribution in [2.75, 3.05) is 52.9 Å². The van der Waals surface area contributed by atoms with Gasteiger partial charge in [0.25, 0.3) is 0 Å². The van der Waals surface area contributed by atoms with Gasteiger partial charge in [-0.05, 0) is 202 Å². The maximum atomic E-state index is 6.77. The summed E-state index contributed by atoms with van der Waals surface area (Å²) in [7, 11) is 0. The first-order chi connectivity index (χ1) is 45.1. The first kappa shape index (κ1) is 98.8. The molecule has 4 heterocycles. The van der Waals surface area contributed by atoms with Crippen molar-refractivity contribution in [2.24, 2.45) is 35.5 Å². The molecule has 0 aromatic heterocycles. The van der Waals surface area contributed by atoms with Crippen LogP contribution in [0.15, 0.2) is 72.8 Å². The van der Waals surface area contributed by atoms with E-state index < -0.39 is 22.9 Å². The van der Waals surface area contributed by atoms with Crippen molar-refractivity contribution in [3.8, 4) is 23.0 Å². The topological polar surface area (TPSA) is 248 Å². The number of ether oxygens (including phenoxy) is 8. The summed E-state index contributed by atoms with van der Waals surface area (Å²) >= 11 is 0. The van der Waals surface area contributed by atoms with E-state index in [-0.39, 0.29) is 95.7 Å². The molecule has 102 heavy (non-hydrogen) atoms. The molecule has 8 rings (SSSR count). The Morgan fingerprint density at radius 2 is 0.569 bits per heavy atom. The van der Waals surface area contributed by atoms with Crippen LogP contribution in [0.1, 0.15) is 282 Å². The molecule has 12 N–H and O–H groups in total. The van der Waals surface area contributed by atoms with E-state index in [1.807, 2.05) is 0 Å². The Balaban J connectivity index is 0.0000128. The molecule has 0 spiro atoms. The van der Waals surface area contributed by atoms with Crippen molar-refractivity contribution in [3.05, 3.63) is 117 Å². The van der Waals surface area contributed by atoms with Crippen molar-refractivity contribution >= 4 is 49.6 Å². The van der Waals surface area contributed by atoms with Gasteiger partial charge in [0.05, 0.1) is 26.4 Å². The number of halogens is 4. The lowest BCUT2D eigenvalue weighted by molar-refractivity contribution is -0.0721. The molecule has 0 saturated heterocycles. The normalized spacial score (nSPS) is 22.9. The summed E-state index contributed by atoms with van der Waals surface area (Å²) in [6.07, 6.45) is 20.2. The molecule has 0 bridgehead atoms. The number of unbranched alkanes of at least 4 members (excludes halogenated alkanes) is 3. The van der Waals surface area contributed by atoms with E-state index in [0.717, 1.165) is 165 Å². The average Bonchev–Trinajstić information content (AvgIpc) is 0.792. The third kappa shape index (κ3) is 28.1. The van der Waals surface area contributed by atoms with E-state index in [2.05, 4.69) is 205 Å². The van der Waals surface area contributed by atoms with Crippen LogP contribution in [0.5, 0.6) is 23.0 Å². The van der Waals surface area contributed by atoms with Gasteiger partial charge in [-0.25, -0.2) is 0 Å². The Morgan fingerprint density at radius 3 is 0.824 bits per heavy atom. The number of rotatable bonds is 41. The number of hydrogen-bond acceptors (Lipinski definition) is 12. The molecule has 0 radical (unpaired) electrons. The molecule has 590 valence electrons. The fourth-order valence-corrected chi connectivity index (χ4v) is 15.9. The van der Waals surface area contributed by atoms with Gasteiger partial charge in [-0.1, -0.05) is 142 Å². The lowest BCUT2D eigenvalue weighted by Gasteiger charge is -2.45. The maximum Gasteiger partial charge on any atom is 0.122 e. The highest BCUT2D eigenvalue weighted by molar-refractivity contribution is 5.86. The maximum absolute atomic E-state index is 6.77. The molecule has 20 heteroatoms. The summed E-state index contributed by atoms with van der Waals surface area (Å²) in [5.74, 6) is 7.07. The second-order valence-electron chi connectivity index (χ2n) is 30.8. The van der Waals surface area contributed by atoms with Crippen LogP contribution >= 0.6 is 49.6 Å². The standard InChI is InChI=1S/C82H130N4O8.4ClH.4H2O/c1-17-91-79(13)53-67-63(35-27-41-73(67)87-49-45-57(5)6)71(83-79)39-25-23-33-61(77-65-37-29-43-75(89-51-47-59(9)10)69(65)55-81(15,85-77)93-19-3)31-21-22-32-62(78-66-38-30-44-76(90-52-48-60(11)12)70(66)56-82(16,86-78)94-20-4)34-24-26-40-72-64-36-28-42-74(88-50-46-58(7)8)68(64)54-80(14,84-72)92-18-2;;;;;;;;/h27-30,35-38,41-44,57-62,71-72,77-78,83-86H,17-26,31-34,39-40,45-56H2,1-16H3;4*1H;4*1H2. The summed E-state index contributed by atoms with van der Waals surface area (Å²) in [6.45, 7) is 41.1. The second-order valence-corrected chi connectivity index (χ2v) is 30.8. The van der Waals surface area contributed by atoms with Crippen molar-refractivity contribution in [2.45, 2.75) is 286 Å². The quantitative estimate of drug-likeness (QED) is 0.0303. The highest BCUT2D eigenvalue weighted by Crippen LogP contribution is 2.47. The fourth-order valence-electron chi connectivity index (χ4n) is 15.9. The first-order valence-electron chi connectivity index (χ1n) is 37.8. The molecule has 0 saturated carbocycles. The molecular weight excluding hydrogens is 1370 g/mol. The summed E-state index contributed by atoms with van der Waals surface area (Å²) in [5, 5.41) is 16.5. The van der Waals surface area contributed by atoms with E-state index in [1.165, 1.54) is 44.5 Å².